The molecule has 0 aliphatic rings. The molecule has 0 bridgehead atoms. The molecule has 0 saturated heterocycles. The van der Waals surface area contributed by atoms with Gasteiger partial charge < -0.3 is 13.8 Å². The van der Waals surface area contributed by atoms with E-state index in [2.05, 4.69) is 13.8 Å². The Kier molecular flexibility index (Phi) is 26.8. The predicted molar refractivity (Wildman–Crippen MR) is 180 cm³/mol. The van der Waals surface area contributed by atoms with Gasteiger partial charge in [-0.3, -0.25) is 0 Å². The molecule has 0 unspecified atom stereocenters. The van der Waals surface area contributed by atoms with E-state index in [0.29, 0.717) is 24.0 Å². The molecular formula is C36H56Na2O7S2. The zero-order valence-corrected chi connectivity index (χ0v) is 35.3. The van der Waals surface area contributed by atoms with E-state index in [9.17, 15) is 25.9 Å². The van der Waals surface area contributed by atoms with Gasteiger partial charge in [0.1, 0.15) is 31.7 Å². The van der Waals surface area contributed by atoms with Crippen LogP contribution in [0.15, 0.2) is 46.2 Å². The Labute approximate surface area is 330 Å². The summed E-state index contributed by atoms with van der Waals surface area (Å²) in [5.74, 6) is -0.354. The van der Waals surface area contributed by atoms with Crippen molar-refractivity contribution < 1.29 is 89.8 Å². The van der Waals surface area contributed by atoms with E-state index < -0.39 is 30.0 Å². The minimum atomic E-state index is -4.93. The SMILES string of the molecule is CCCCCCCCCCCCc1cccc(S(=O)(=O)[O-])c1Oc1c(CCCCCCCCCCCC)cccc1S(=O)(=O)[O-].[Na+].[Na+]. The Morgan fingerprint density at radius 3 is 1.02 bits per heavy atom. The van der Waals surface area contributed by atoms with Crippen LogP contribution in [0.1, 0.15) is 153 Å². The summed E-state index contributed by atoms with van der Waals surface area (Å²) in [6.45, 7) is 4.42. The van der Waals surface area contributed by atoms with Crippen LogP contribution in [0.3, 0.4) is 0 Å². The summed E-state index contributed by atoms with van der Waals surface area (Å²) in [6.07, 6.45) is 23.8. The number of aryl methyl sites for hydroxylation is 2. The van der Waals surface area contributed by atoms with Gasteiger partial charge >= 0.3 is 59.1 Å². The maximum absolute atomic E-state index is 12.3. The van der Waals surface area contributed by atoms with E-state index in [1.54, 1.807) is 12.1 Å². The van der Waals surface area contributed by atoms with Crippen LogP contribution in [0.5, 0.6) is 11.5 Å². The zero-order valence-electron chi connectivity index (χ0n) is 29.7. The molecule has 0 heterocycles. The molecule has 0 aliphatic heterocycles. The van der Waals surface area contributed by atoms with Gasteiger partial charge in [-0.25, -0.2) is 16.8 Å². The van der Waals surface area contributed by atoms with Gasteiger partial charge in [0, 0.05) is 0 Å². The Hall–Kier alpha value is 0.0600. The molecule has 0 amide bonds. The number of unbranched alkanes of at least 4 members (excludes halogenated alkanes) is 18. The van der Waals surface area contributed by atoms with Crippen molar-refractivity contribution in [2.24, 2.45) is 0 Å². The van der Waals surface area contributed by atoms with E-state index in [1.165, 1.54) is 101 Å². The maximum Gasteiger partial charge on any atom is 1.00 e. The summed E-state index contributed by atoms with van der Waals surface area (Å²) in [5, 5.41) is 0. The Morgan fingerprint density at radius 1 is 0.468 bits per heavy atom. The van der Waals surface area contributed by atoms with Gasteiger partial charge in [-0.1, -0.05) is 154 Å². The molecule has 0 aromatic heterocycles. The zero-order chi connectivity index (χ0) is 33.0. The molecule has 0 fully saturated rings. The van der Waals surface area contributed by atoms with Gasteiger partial charge in [-0.15, -0.1) is 0 Å². The van der Waals surface area contributed by atoms with Gasteiger partial charge in [0.2, 0.25) is 0 Å². The molecule has 0 saturated carbocycles. The molecule has 0 spiro atoms. The number of ether oxygens (including phenoxy) is 1. The first-order valence-corrected chi connectivity index (χ1v) is 20.2. The molecule has 2 aromatic rings. The summed E-state index contributed by atoms with van der Waals surface area (Å²) >= 11 is 0. The van der Waals surface area contributed by atoms with Crippen LogP contribution >= 0.6 is 0 Å². The number of hydrogen-bond acceptors (Lipinski definition) is 7. The molecular weight excluding hydrogens is 655 g/mol. The summed E-state index contributed by atoms with van der Waals surface area (Å²) in [5.41, 5.74) is 1.02. The third-order valence-corrected chi connectivity index (χ3v) is 10.2. The topological polar surface area (TPSA) is 124 Å². The number of benzene rings is 2. The van der Waals surface area contributed by atoms with Gasteiger partial charge in [0.25, 0.3) is 0 Å². The van der Waals surface area contributed by atoms with Gasteiger partial charge in [0.15, 0.2) is 0 Å². The molecule has 0 atom stereocenters. The van der Waals surface area contributed by atoms with E-state index in [0.717, 1.165) is 51.4 Å². The van der Waals surface area contributed by atoms with Crippen LogP contribution < -0.4 is 63.9 Å². The summed E-state index contributed by atoms with van der Waals surface area (Å²) in [4.78, 5) is -1.09. The molecule has 11 heteroatoms. The first kappa shape index (κ1) is 47.1. The molecule has 0 aliphatic carbocycles. The van der Waals surface area contributed by atoms with Crippen molar-refractivity contribution >= 4 is 20.2 Å². The van der Waals surface area contributed by atoms with Crippen molar-refractivity contribution in [2.45, 2.75) is 165 Å². The van der Waals surface area contributed by atoms with Crippen LogP contribution in [0.2, 0.25) is 0 Å². The minimum absolute atomic E-state index is 0. The fraction of sp³-hybridized carbons (Fsp3) is 0.667. The molecule has 0 N–H and O–H groups in total. The summed E-state index contributed by atoms with van der Waals surface area (Å²) in [6, 6.07) is 8.77. The van der Waals surface area contributed by atoms with Crippen LogP contribution in [-0.4, -0.2) is 25.9 Å². The van der Waals surface area contributed by atoms with Crippen LogP contribution in [0, 0.1) is 0 Å². The van der Waals surface area contributed by atoms with Gasteiger partial charge in [0.05, 0.1) is 9.79 Å². The van der Waals surface area contributed by atoms with Crippen LogP contribution in [0.4, 0.5) is 0 Å². The first-order valence-electron chi connectivity index (χ1n) is 17.4. The van der Waals surface area contributed by atoms with E-state index in [4.69, 9.17) is 4.74 Å². The van der Waals surface area contributed by atoms with Crippen LogP contribution in [0.25, 0.3) is 0 Å². The molecule has 47 heavy (non-hydrogen) atoms. The van der Waals surface area contributed by atoms with Gasteiger partial charge in [-0.2, -0.15) is 0 Å². The quantitative estimate of drug-likeness (QED) is 0.0814. The van der Waals surface area contributed by atoms with Crippen molar-refractivity contribution in [1.29, 1.82) is 0 Å². The largest absolute Gasteiger partial charge is 1.00 e. The fourth-order valence-electron chi connectivity index (χ4n) is 5.85. The van der Waals surface area contributed by atoms with Crippen molar-refractivity contribution in [3.05, 3.63) is 47.5 Å². The number of hydrogen-bond donors (Lipinski definition) is 0. The molecule has 0 radical (unpaired) electrons. The fourth-order valence-corrected chi connectivity index (χ4v) is 7.14. The Balaban J connectivity index is 0.0000106. The second kappa shape index (κ2) is 26.8. The van der Waals surface area contributed by atoms with Crippen molar-refractivity contribution in [3.8, 4) is 11.5 Å². The van der Waals surface area contributed by atoms with Crippen molar-refractivity contribution in [2.75, 3.05) is 0 Å². The number of rotatable bonds is 26. The summed E-state index contributed by atoms with van der Waals surface area (Å²) < 4.78 is 79.6. The van der Waals surface area contributed by atoms with Crippen LogP contribution in [-0.2, 0) is 33.1 Å². The predicted octanol–water partition coefficient (Wildman–Crippen LogP) is 4.22. The average molecular weight is 711 g/mol. The molecule has 2 aromatic carbocycles. The second-order valence-electron chi connectivity index (χ2n) is 12.4. The Bertz CT molecular complexity index is 1230. The molecule has 2 rings (SSSR count). The normalized spacial score (nSPS) is 11.6. The second-order valence-corrected chi connectivity index (χ2v) is 15.1. The van der Waals surface area contributed by atoms with Gasteiger partial charge in [-0.05, 0) is 48.9 Å². The van der Waals surface area contributed by atoms with Crippen molar-refractivity contribution in [3.63, 3.8) is 0 Å². The average Bonchev–Trinajstić information content (AvgIpc) is 2.99. The number of para-hydroxylation sites is 2. The third-order valence-electron chi connectivity index (χ3n) is 8.46. The van der Waals surface area contributed by atoms with E-state index in [1.807, 2.05) is 0 Å². The standard InChI is InChI=1S/C36H58O7S2.2Na/c1-3-5-7-9-11-13-15-17-19-21-25-31-27-23-29-33(44(37,38)39)35(31)43-36-32(28-24-30-34(36)45(40,41)42)26-22-20-18-16-14-12-10-8-6-4-2;;/h23-24,27-30H,3-22,25-26H2,1-2H3,(H,37,38,39)(H,40,41,42);;/q;2*+1/p-2. The van der Waals surface area contributed by atoms with E-state index >= 15 is 0 Å². The third kappa shape index (κ3) is 19.3. The minimum Gasteiger partial charge on any atom is -0.744 e. The smallest absolute Gasteiger partial charge is 0.744 e. The van der Waals surface area contributed by atoms with Crippen molar-refractivity contribution in [1.82, 2.24) is 0 Å². The summed E-state index contributed by atoms with van der Waals surface area (Å²) in [7, 11) is -9.86. The maximum atomic E-state index is 12.3. The van der Waals surface area contributed by atoms with E-state index in [-0.39, 0.29) is 70.6 Å². The molecule has 256 valence electrons. The monoisotopic (exact) mass is 710 g/mol. The Morgan fingerprint density at radius 2 is 0.745 bits per heavy atom. The first-order chi connectivity index (χ1) is 21.6. The molecule has 7 nitrogen and oxygen atoms in total.